The summed E-state index contributed by atoms with van der Waals surface area (Å²) < 4.78 is 5.50. The third-order valence-electron chi connectivity index (χ3n) is 2.27. The minimum Gasteiger partial charge on any atom is -0.377 e. The zero-order valence-corrected chi connectivity index (χ0v) is 7.05. The van der Waals surface area contributed by atoms with Crippen LogP contribution in [0.25, 0.3) is 0 Å². The van der Waals surface area contributed by atoms with Gasteiger partial charge in [-0.15, -0.1) is 0 Å². The lowest BCUT2D eigenvalue weighted by molar-refractivity contribution is -0.00785. The van der Waals surface area contributed by atoms with Crippen LogP contribution in [0.5, 0.6) is 0 Å². The molecule has 1 aliphatic heterocycles. The second-order valence-corrected chi connectivity index (χ2v) is 3.05. The first-order valence-electron chi connectivity index (χ1n) is 4.39. The Labute approximate surface area is 68.2 Å². The molecular weight excluding hydrogens is 138 g/mol. The van der Waals surface area contributed by atoms with E-state index in [4.69, 9.17) is 10.00 Å². The summed E-state index contributed by atoms with van der Waals surface area (Å²) in [5.41, 5.74) is 0. The van der Waals surface area contributed by atoms with Gasteiger partial charge in [-0.1, -0.05) is 6.92 Å². The van der Waals surface area contributed by atoms with E-state index < -0.39 is 0 Å². The molecule has 0 N–H and O–H groups in total. The van der Waals surface area contributed by atoms with E-state index in [1.54, 1.807) is 0 Å². The number of rotatable bonds is 2. The van der Waals surface area contributed by atoms with Gasteiger partial charge in [-0.05, 0) is 25.7 Å². The van der Waals surface area contributed by atoms with Crippen molar-refractivity contribution in [3.63, 3.8) is 0 Å². The van der Waals surface area contributed by atoms with E-state index >= 15 is 0 Å². The molecule has 62 valence electrons. The molecule has 1 aliphatic rings. The van der Waals surface area contributed by atoms with Gasteiger partial charge in [0.1, 0.15) is 0 Å². The van der Waals surface area contributed by atoms with Gasteiger partial charge in [-0.2, -0.15) is 5.26 Å². The monoisotopic (exact) mass is 153 g/mol. The molecule has 0 spiro atoms. The van der Waals surface area contributed by atoms with Crippen LogP contribution in [-0.2, 0) is 4.74 Å². The Hall–Kier alpha value is -0.550. The number of nitrogens with zero attached hydrogens (tertiary/aromatic N) is 1. The van der Waals surface area contributed by atoms with Crippen LogP contribution in [0.4, 0.5) is 0 Å². The molecule has 1 heterocycles. The van der Waals surface area contributed by atoms with Gasteiger partial charge >= 0.3 is 0 Å². The van der Waals surface area contributed by atoms with Crippen molar-refractivity contribution >= 4 is 0 Å². The van der Waals surface area contributed by atoms with Crippen LogP contribution in [0.1, 0.15) is 32.6 Å². The number of nitriles is 1. The Morgan fingerprint density at radius 1 is 1.64 bits per heavy atom. The zero-order chi connectivity index (χ0) is 8.10. The Kier molecular flexibility index (Phi) is 3.38. The summed E-state index contributed by atoms with van der Waals surface area (Å²) in [5, 5.41) is 8.75. The highest BCUT2D eigenvalue weighted by atomic mass is 16.5. The SMILES string of the molecule is CCC(C#N)C1CCCCO1. The van der Waals surface area contributed by atoms with E-state index in [0.717, 1.165) is 19.4 Å². The van der Waals surface area contributed by atoms with E-state index in [-0.39, 0.29) is 12.0 Å². The minimum absolute atomic E-state index is 0.121. The molecule has 1 fully saturated rings. The maximum absolute atomic E-state index is 8.75. The van der Waals surface area contributed by atoms with E-state index in [1.807, 2.05) is 6.92 Å². The van der Waals surface area contributed by atoms with Gasteiger partial charge in [0.15, 0.2) is 0 Å². The van der Waals surface area contributed by atoms with Crippen molar-refractivity contribution in [1.29, 1.82) is 5.26 Å². The molecular formula is C9H15NO. The lowest BCUT2D eigenvalue weighted by Gasteiger charge is -2.25. The van der Waals surface area contributed by atoms with Crippen LogP contribution >= 0.6 is 0 Å². The summed E-state index contributed by atoms with van der Waals surface area (Å²) in [5.74, 6) is 0.121. The van der Waals surface area contributed by atoms with Crippen molar-refractivity contribution in [1.82, 2.24) is 0 Å². The molecule has 0 aromatic rings. The average molecular weight is 153 g/mol. The summed E-state index contributed by atoms with van der Waals surface area (Å²) >= 11 is 0. The van der Waals surface area contributed by atoms with Crippen LogP contribution < -0.4 is 0 Å². The fourth-order valence-electron chi connectivity index (χ4n) is 1.52. The normalized spacial score (nSPS) is 27.5. The topological polar surface area (TPSA) is 33.0 Å². The lowest BCUT2D eigenvalue weighted by atomic mass is 9.95. The van der Waals surface area contributed by atoms with Crippen molar-refractivity contribution in [3.05, 3.63) is 0 Å². The second-order valence-electron chi connectivity index (χ2n) is 3.05. The average Bonchev–Trinajstić information content (AvgIpc) is 2.09. The maximum Gasteiger partial charge on any atom is 0.0733 e. The molecule has 11 heavy (non-hydrogen) atoms. The standard InChI is InChI=1S/C9H15NO/c1-2-8(7-10)9-5-3-4-6-11-9/h8-9H,2-6H2,1H3. The third-order valence-corrected chi connectivity index (χ3v) is 2.27. The largest absolute Gasteiger partial charge is 0.377 e. The molecule has 2 nitrogen and oxygen atoms in total. The van der Waals surface area contributed by atoms with Gasteiger partial charge in [0.05, 0.1) is 18.1 Å². The summed E-state index contributed by atoms with van der Waals surface area (Å²) in [6.07, 6.45) is 4.60. The molecule has 0 amide bonds. The van der Waals surface area contributed by atoms with Crippen LogP contribution in [0.3, 0.4) is 0 Å². The summed E-state index contributed by atoms with van der Waals surface area (Å²) in [6, 6.07) is 2.30. The summed E-state index contributed by atoms with van der Waals surface area (Å²) in [4.78, 5) is 0. The molecule has 0 saturated carbocycles. The van der Waals surface area contributed by atoms with Crippen molar-refractivity contribution in [2.45, 2.75) is 38.7 Å². The summed E-state index contributed by atoms with van der Waals surface area (Å²) in [7, 11) is 0. The molecule has 0 radical (unpaired) electrons. The van der Waals surface area contributed by atoms with Crippen LogP contribution in [0.2, 0.25) is 0 Å². The maximum atomic E-state index is 8.75. The highest BCUT2D eigenvalue weighted by Gasteiger charge is 2.22. The van der Waals surface area contributed by atoms with E-state index in [9.17, 15) is 0 Å². The molecule has 1 saturated heterocycles. The number of ether oxygens (including phenoxy) is 1. The molecule has 0 aromatic heterocycles. The van der Waals surface area contributed by atoms with Gasteiger partial charge < -0.3 is 4.74 Å². The second kappa shape index (κ2) is 4.35. The van der Waals surface area contributed by atoms with Gasteiger partial charge in [0.25, 0.3) is 0 Å². The molecule has 2 atom stereocenters. The predicted molar refractivity (Wildman–Crippen MR) is 43.0 cm³/mol. The zero-order valence-electron chi connectivity index (χ0n) is 7.05. The molecule has 2 unspecified atom stereocenters. The highest BCUT2D eigenvalue weighted by molar-refractivity contribution is 4.88. The fraction of sp³-hybridized carbons (Fsp3) is 0.889. The van der Waals surface area contributed by atoms with Crippen LogP contribution in [0, 0.1) is 17.2 Å². The fourth-order valence-corrected chi connectivity index (χ4v) is 1.52. The molecule has 0 aromatic carbocycles. The molecule has 0 aliphatic carbocycles. The van der Waals surface area contributed by atoms with Gasteiger partial charge in [0.2, 0.25) is 0 Å². The Morgan fingerprint density at radius 3 is 2.91 bits per heavy atom. The van der Waals surface area contributed by atoms with E-state index in [1.165, 1.54) is 12.8 Å². The van der Waals surface area contributed by atoms with Crippen molar-refractivity contribution < 1.29 is 4.74 Å². The minimum atomic E-state index is 0.121. The summed E-state index contributed by atoms with van der Waals surface area (Å²) in [6.45, 7) is 2.90. The Bertz CT molecular complexity index is 144. The van der Waals surface area contributed by atoms with E-state index in [0.29, 0.717) is 0 Å². The lowest BCUT2D eigenvalue weighted by Crippen LogP contribution is -2.26. The van der Waals surface area contributed by atoms with E-state index in [2.05, 4.69) is 6.07 Å². The first-order valence-corrected chi connectivity index (χ1v) is 4.39. The quantitative estimate of drug-likeness (QED) is 0.608. The van der Waals surface area contributed by atoms with Gasteiger partial charge in [0, 0.05) is 6.61 Å². The first-order chi connectivity index (χ1) is 5.38. The van der Waals surface area contributed by atoms with Gasteiger partial charge in [-0.3, -0.25) is 0 Å². The molecule has 0 bridgehead atoms. The van der Waals surface area contributed by atoms with Crippen molar-refractivity contribution in [2.24, 2.45) is 5.92 Å². The highest BCUT2D eigenvalue weighted by Crippen LogP contribution is 2.21. The van der Waals surface area contributed by atoms with Crippen molar-refractivity contribution in [3.8, 4) is 6.07 Å². The Balaban J connectivity index is 2.38. The number of hydrogen-bond acceptors (Lipinski definition) is 2. The number of hydrogen-bond donors (Lipinski definition) is 0. The first kappa shape index (κ1) is 8.55. The van der Waals surface area contributed by atoms with Crippen LogP contribution in [0.15, 0.2) is 0 Å². The smallest absolute Gasteiger partial charge is 0.0733 e. The third kappa shape index (κ3) is 2.20. The van der Waals surface area contributed by atoms with Crippen molar-refractivity contribution in [2.75, 3.05) is 6.61 Å². The predicted octanol–water partition coefficient (Wildman–Crippen LogP) is 2.11. The van der Waals surface area contributed by atoms with Crippen LogP contribution in [-0.4, -0.2) is 12.7 Å². The van der Waals surface area contributed by atoms with Gasteiger partial charge in [-0.25, -0.2) is 0 Å². The molecule has 2 heteroatoms. The molecule has 1 rings (SSSR count). The Morgan fingerprint density at radius 2 is 2.45 bits per heavy atom.